The van der Waals surface area contributed by atoms with Crippen LogP contribution in [-0.4, -0.2) is 35.1 Å². The van der Waals surface area contributed by atoms with Gasteiger partial charge in [0.25, 0.3) is 5.56 Å². The largest absolute Gasteiger partial charge is 0.491 e. The molecule has 0 saturated heterocycles. The van der Waals surface area contributed by atoms with Crippen molar-refractivity contribution in [2.24, 2.45) is 0 Å². The van der Waals surface area contributed by atoms with E-state index in [9.17, 15) is 4.79 Å². The van der Waals surface area contributed by atoms with E-state index in [1.54, 1.807) is 11.8 Å². The summed E-state index contributed by atoms with van der Waals surface area (Å²) in [6.07, 6.45) is 0. The number of hydrogen-bond donors (Lipinski definition) is 2. The maximum absolute atomic E-state index is 12.5. The number of rotatable bonds is 5. The highest BCUT2D eigenvalue weighted by Crippen LogP contribution is 2.27. The first-order valence-electron chi connectivity index (χ1n) is 8.20. The van der Waals surface area contributed by atoms with Crippen LogP contribution in [0.3, 0.4) is 0 Å². The lowest BCUT2D eigenvalue weighted by Crippen LogP contribution is -2.08. The van der Waals surface area contributed by atoms with Crippen LogP contribution in [0, 0.1) is 0 Å². The van der Waals surface area contributed by atoms with Crippen LogP contribution in [0.2, 0.25) is 0 Å². The molecule has 0 radical (unpaired) electrons. The number of hydrogen-bond acceptors (Lipinski definition) is 5. The number of pyridine rings is 1. The van der Waals surface area contributed by atoms with E-state index in [1.807, 2.05) is 48.5 Å². The number of aromatic amines is 1. The zero-order valence-electron chi connectivity index (χ0n) is 14.2. The van der Waals surface area contributed by atoms with Crippen LogP contribution in [-0.2, 0) is 4.74 Å². The van der Waals surface area contributed by atoms with Gasteiger partial charge in [0.1, 0.15) is 29.1 Å². The van der Waals surface area contributed by atoms with Gasteiger partial charge in [0.2, 0.25) is 0 Å². The molecule has 0 fully saturated rings. The van der Waals surface area contributed by atoms with Gasteiger partial charge in [-0.2, -0.15) is 5.10 Å². The van der Waals surface area contributed by atoms with Crippen LogP contribution in [0.15, 0.2) is 53.3 Å². The maximum Gasteiger partial charge on any atom is 0.261 e. The highest BCUT2D eigenvalue weighted by Gasteiger charge is 2.16. The Balaban J connectivity index is 1.86. The normalized spacial score (nSPS) is 11.3. The quantitative estimate of drug-likeness (QED) is 0.539. The van der Waals surface area contributed by atoms with Crippen molar-refractivity contribution in [1.29, 1.82) is 0 Å². The molecule has 2 aromatic heterocycles. The first-order valence-corrected chi connectivity index (χ1v) is 8.20. The molecule has 132 valence electrons. The lowest BCUT2D eigenvalue weighted by molar-refractivity contribution is 0.146. The second-order valence-electron chi connectivity index (χ2n) is 5.86. The molecule has 7 nitrogen and oxygen atoms in total. The van der Waals surface area contributed by atoms with Crippen LogP contribution < -0.4 is 16.0 Å². The third kappa shape index (κ3) is 2.68. The van der Waals surface area contributed by atoms with Crippen molar-refractivity contribution < 1.29 is 9.47 Å². The van der Waals surface area contributed by atoms with Gasteiger partial charge in [-0.25, -0.2) is 4.68 Å². The lowest BCUT2D eigenvalue weighted by Gasteiger charge is -2.08. The van der Waals surface area contributed by atoms with E-state index >= 15 is 0 Å². The molecule has 4 aromatic rings. The minimum absolute atomic E-state index is 0.255. The van der Waals surface area contributed by atoms with E-state index in [0.717, 1.165) is 16.6 Å². The molecule has 2 aromatic carbocycles. The summed E-state index contributed by atoms with van der Waals surface area (Å²) in [6, 6.07) is 14.9. The number of fused-ring (bicyclic) bond motifs is 3. The number of aromatic nitrogens is 3. The van der Waals surface area contributed by atoms with Crippen molar-refractivity contribution in [3.05, 3.63) is 58.9 Å². The maximum atomic E-state index is 12.5. The fourth-order valence-corrected chi connectivity index (χ4v) is 2.97. The summed E-state index contributed by atoms with van der Waals surface area (Å²) in [7, 11) is 1.62. The molecule has 0 aliphatic heterocycles. The number of nitrogens with one attached hydrogen (secondary N) is 1. The number of H-pyrrole nitrogens is 1. The molecule has 0 bridgehead atoms. The zero-order valence-corrected chi connectivity index (χ0v) is 14.2. The number of benzene rings is 2. The number of para-hydroxylation sites is 1. The highest BCUT2D eigenvalue weighted by molar-refractivity contribution is 6.06. The summed E-state index contributed by atoms with van der Waals surface area (Å²) >= 11 is 0. The number of ether oxygens (including phenoxy) is 2. The first-order chi connectivity index (χ1) is 12.7. The van der Waals surface area contributed by atoms with E-state index in [0.29, 0.717) is 35.7 Å². The number of nitrogens with two attached hydrogens (primary N) is 1. The van der Waals surface area contributed by atoms with E-state index in [-0.39, 0.29) is 5.56 Å². The minimum Gasteiger partial charge on any atom is -0.491 e. The fourth-order valence-electron chi connectivity index (χ4n) is 2.97. The van der Waals surface area contributed by atoms with Crippen molar-refractivity contribution >= 4 is 27.6 Å². The van der Waals surface area contributed by atoms with E-state index in [4.69, 9.17) is 15.2 Å². The van der Waals surface area contributed by atoms with E-state index in [1.165, 1.54) is 0 Å². The molecule has 2 heterocycles. The lowest BCUT2D eigenvalue weighted by atomic mass is 10.1. The Morgan fingerprint density at radius 3 is 2.85 bits per heavy atom. The van der Waals surface area contributed by atoms with Gasteiger partial charge >= 0.3 is 0 Å². The van der Waals surface area contributed by atoms with Gasteiger partial charge in [0.15, 0.2) is 0 Å². The molecule has 0 aliphatic rings. The summed E-state index contributed by atoms with van der Waals surface area (Å²) in [5, 5.41) is 5.83. The summed E-state index contributed by atoms with van der Waals surface area (Å²) in [6.45, 7) is 0.945. The second kappa shape index (κ2) is 6.53. The van der Waals surface area contributed by atoms with Crippen LogP contribution in [0.1, 0.15) is 0 Å². The van der Waals surface area contributed by atoms with Crippen LogP contribution in [0.4, 0.5) is 5.82 Å². The Hall–Kier alpha value is -3.32. The molecule has 0 amide bonds. The molecule has 0 saturated carbocycles. The molecule has 4 rings (SSSR count). The first kappa shape index (κ1) is 16.2. The fraction of sp³-hybridized carbons (Fsp3) is 0.158. The molecular weight excluding hydrogens is 332 g/mol. The van der Waals surface area contributed by atoms with E-state index < -0.39 is 0 Å². The number of nitrogen functional groups attached to an aromatic ring is 1. The summed E-state index contributed by atoms with van der Waals surface area (Å²) < 4.78 is 12.2. The molecule has 0 aliphatic carbocycles. The highest BCUT2D eigenvalue weighted by atomic mass is 16.5. The smallest absolute Gasteiger partial charge is 0.261 e. The van der Waals surface area contributed by atoms with Crippen LogP contribution >= 0.6 is 0 Å². The molecule has 0 unspecified atom stereocenters. The number of methoxy groups -OCH3 is 1. The van der Waals surface area contributed by atoms with Crippen molar-refractivity contribution in [3.8, 4) is 11.4 Å². The third-order valence-corrected chi connectivity index (χ3v) is 4.20. The monoisotopic (exact) mass is 350 g/mol. The molecular formula is C19H18N4O3. The summed E-state index contributed by atoms with van der Waals surface area (Å²) in [4.78, 5) is 15.3. The van der Waals surface area contributed by atoms with E-state index in [2.05, 4.69) is 10.1 Å². The van der Waals surface area contributed by atoms with Gasteiger partial charge in [0, 0.05) is 18.6 Å². The Kier molecular flexibility index (Phi) is 4.06. The standard InChI is InChI=1S/C19H18N4O3/c1-25-9-10-26-13-6-4-5-12(11-13)23-18(20)16-17(22-23)14-7-2-3-8-15(14)21-19(16)24/h2-8,11H,9-10,20H2,1H3,(H,21,24). The Bertz CT molecular complexity index is 1150. The van der Waals surface area contributed by atoms with Gasteiger partial charge in [-0.05, 0) is 18.2 Å². The van der Waals surface area contributed by atoms with Crippen molar-refractivity contribution in [2.75, 3.05) is 26.1 Å². The van der Waals surface area contributed by atoms with Gasteiger partial charge in [-0.1, -0.05) is 24.3 Å². The van der Waals surface area contributed by atoms with Crippen molar-refractivity contribution in [2.45, 2.75) is 0 Å². The number of anilines is 1. The van der Waals surface area contributed by atoms with Gasteiger partial charge < -0.3 is 20.2 Å². The molecule has 0 atom stereocenters. The molecule has 0 spiro atoms. The Morgan fingerprint density at radius 2 is 2.00 bits per heavy atom. The zero-order chi connectivity index (χ0) is 18.1. The topological polar surface area (TPSA) is 95.2 Å². The van der Waals surface area contributed by atoms with Gasteiger partial charge in [0.05, 0.1) is 17.8 Å². The predicted octanol–water partition coefficient (Wildman–Crippen LogP) is 2.47. The predicted molar refractivity (Wildman–Crippen MR) is 101 cm³/mol. The SMILES string of the molecule is COCCOc1cccc(-n2nc3c(c2N)c(=O)[nH]c2ccccc23)c1. The van der Waals surface area contributed by atoms with Crippen LogP contribution in [0.25, 0.3) is 27.5 Å². The second-order valence-corrected chi connectivity index (χ2v) is 5.86. The third-order valence-electron chi connectivity index (χ3n) is 4.20. The van der Waals surface area contributed by atoms with Crippen LogP contribution in [0.5, 0.6) is 5.75 Å². The average Bonchev–Trinajstić information content (AvgIpc) is 3.01. The minimum atomic E-state index is -0.255. The molecule has 3 N–H and O–H groups in total. The summed E-state index contributed by atoms with van der Waals surface area (Å²) in [5.74, 6) is 0.971. The number of nitrogens with zero attached hydrogens (tertiary/aromatic N) is 2. The van der Waals surface area contributed by atoms with Gasteiger partial charge in [-0.15, -0.1) is 0 Å². The van der Waals surface area contributed by atoms with Gasteiger partial charge in [-0.3, -0.25) is 4.79 Å². The average molecular weight is 350 g/mol. The molecule has 7 heteroatoms. The Labute approximate surface area is 149 Å². The van der Waals surface area contributed by atoms with Crippen molar-refractivity contribution in [1.82, 2.24) is 14.8 Å². The molecule has 26 heavy (non-hydrogen) atoms. The summed E-state index contributed by atoms with van der Waals surface area (Å²) in [5.41, 5.74) is 8.02. The van der Waals surface area contributed by atoms with Crippen molar-refractivity contribution in [3.63, 3.8) is 0 Å². The Morgan fingerprint density at radius 1 is 1.15 bits per heavy atom.